The molecule has 0 atom stereocenters. The number of rotatable bonds is 7. The van der Waals surface area contributed by atoms with Crippen LogP contribution >= 0.6 is 0 Å². The van der Waals surface area contributed by atoms with Gasteiger partial charge in [-0.25, -0.2) is 8.42 Å². The lowest BCUT2D eigenvalue weighted by Crippen LogP contribution is -2.40. The minimum atomic E-state index is -3.61. The Morgan fingerprint density at radius 1 is 0.962 bits per heavy atom. The molecule has 0 aliphatic carbocycles. The summed E-state index contributed by atoms with van der Waals surface area (Å²) in [5, 5.41) is 0. The average Bonchev–Trinajstić information content (AvgIpc) is 2.70. The number of hydrogen-bond donors (Lipinski definition) is 0. The molecule has 1 aliphatic rings. The molecule has 0 bridgehead atoms. The average molecular weight is 375 g/mol. The van der Waals surface area contributed by atoms with E-state index in [0.29, 0.717) is 22.9 Å². The number of benzene rings is 2. The molecule has 2 aromatic rings. The first-order valence-corrected chi connectivity index (χ1v) is 10.5. The Kier molecular flexibility index (Phi) is 6.16. The molecule has 1 heterocycles. The van der Waals surface area contributed by atoms with Crippen LogP contribution in [-0.2, 0) is 10.0 Å². The third-order valence-electron chi connectivity index (χ3n) is 4.76. The Balaban J connectivity index is 1.87. The molecule has 26 heavy (non-hydrogen) atoms. The highest BCUT2D eigenvalue weighted by molar-refractivity contribution is 7.92. The molecule has 0 unspecified atom stereocenters. The fourth-order valence-corrected chi connectivity index (χ4v) is 4.75. The molecule has 0 saturated carbocycles. The van der Waals surface area contributed by atoms with Crippen LogP contribution in [-0.4, -0.2) is 46.6 Å². The maximum atomic E-state index is 13.2. The van der Waals surface area contributed by atoms with E-state index in [4.69, 9.17) is 4.74 Å². The lowest BCUT2D eigenvalue weighted by Gasteiger charge is -2.30. The molecule has 0 aromatic heterocycles. The zero-order chi connectivity index (χ0) is 18.4. The third kappa shape index (κ3) is 4.37. The van der Waals surface area contributed by atoms with Crippen molar-refractivity contribution in [3.63, 3.8) is 0 Å². The monoisotopic (exact) mass is 374 g/mol. The lowest BCUT2D eigenvalue weighted by atomic mass is 10.1. The Hall–Kier alpha value is -2.05. The van der Waals surface area contributed by atoms with Crippen LogP contribution in [0.3, 0.4) is 0 Å². The van der Waals surface area contributed by atoms with Gasteiger partial charge in [-0.1, -0.05) is 24.6 Å². The summed E-state index contributed by atoms with van der Waals surface area (Å²) in [6.07, 6.45) is 3.64. The van der Waals surface area contributed by atoms with Crippen molar-refractivity contribution in [3.05, 3.63) is 54.6 Å². The van der Waals surface area contributed by atoms with E-state index in [-0.39, 0.29) is 0 Å². The number of methoxy groups -OCH3 is 1. The van der Waals surface area contributed by atoms with Gasteiger partial charge in [-0.3, -0.25) is 4.31 Å². The Bertz CT molecular complexity index is 786. The SMILES string of the molecule is COc1ccc(N(CCN2CCCCC2)S(=O)(=O)c2ccccc2)cc1. The normalized spacial score (nSPS) is 15.6. The molecular formula is C20H26N2O3S. The van der Waals surface area contributed by atoms with Gasteiger partial charge in [0.05, 0.1) is 17.7 Å². The van der Waals surface area contributed by atoms with Gasteiger partial charge >= 0.3 is 0 Å². The van der Waals surface area contributed by atoms with Gasteiger partial charge in [0.15, 0.2) is 0 Å². The molecule has 0 N–H and O–H groups in total. The summed E-state index contributed by atoms with van der Waals surface area (Å²) in [5.74, 6) is 0.710. The fourth-order valence-electron chi connectivity index (χ4n) is 3.27. The molecule has 2 aromatic carbocycles. The zero-order valence-electron chi connectivity index (χ0n) is 15.2. The standard InChI is InChI=1S/C20H26N2O3S/c1-25-19-12-10-18(11-13-19)22(17-16-21-14-6-3-7-15-21)26(23,24)20-8-4-2-5-9-20/h2,4-5,8-13H,3,6-7,14-17H2,1H3. The van der Waals surface area contributed by atoms with Gasteiger partial charge in [-0.2, -0.15) is 0 Å². The first-order chi connectivity index (χ1) is 12.6. The van der Waals surface area contributed by atoms with Crippen molar-refractivity contribution < 1.29 is 13.2 Å². The molecule has 1 fully saturated rings. The van der Waals surface area contributed by atoms with Gasteiger partial charge in [0, 0.05) is 13.1 Å². The van der Waals surface area contributed by atoms with Crippen molar-refractivity contribution >= 4 is 15.7 Å². The van der Waals surface area contributed by atoms with Crippen molar-refractivity contribution in [1.82, 2.24) is 4.90 Å². The van der Waals surface area contributed by atoms with Crippen molar-refractivity contribution in [1.29, 1.82) is 0 Å². The summed E-state index contributed by atoms with van der Waals surface area (Å²) < 4.78 is 33.2. The van der Waals surface area contributed by atoms with Crippen LogP contribution in [0.15, 0.2) is 59.5 Å². The molecule has 0 radical (unpaired) electrons. The molecule has 0 amide bonds. The van der Waals surface area contributed by atoms with Crippen molar-refractivity contribution in [2.75, 3.05) is 37.6 Å². The minimum absolute atomic E-state index is 0.314. The molecule has 3 rings (SSSR count). The van der Waals surface area contributed by atoms with E-state index in [1.807, 2.05) is 6.07 Å². The second-order valence-corrected chi connectivity index (χ2v) is 8.35. The fraction of sp³-hybridized carbons (Fsp3) is 0.400. The number of likely N-dealkylation sites (tertiary alicyclic amines) is 1. The van der Waals surface area contributed by atoms with Gasteiger partial charge in [0.1, 0.15) is 5.75 Å². The van der Waals surface area contributed by atoms with Crippen LogP contribution in [0, 0.1) is 0 Å². The number of sulfonamides is 1. The summed E-state index contributed by atoms with van der Waals surface area (Å²) in [6, 6.07) is 15.8. The summed E-state index contributed by atoms with van der Waals surface area (Å²) in [5.41, 5.74) is 0.659. The number of hydrogen-bond acceptors (Lipinski definition) is 4. The smallest absolute Gasteiger partial charge is 0.264 e. The molecule has 140 valence electrons. The zero-order valence-corrected chi connectivity index (χ0v) is 16.0. The van der Waals surface area contributed by atoms with Crippen molar-refractivity contribution in [3.8, 4) is 5.75 Å². The predicted molar refractivity (Wildman–Crippen MR) is 104 cm³/mol. The predicted octanol–water partition coefficient (Wildman–Crippen LogP) is 3.38. The van der Waals surface area contributed by atoms with Crippen LogP contribution in [0.2, 0.25) is 0 Å². The van der Waals surface area contributed by atoms with Gasteiger partial charge in [-0.05, 0) is 62.3 Å². The van der Waals surface area contributed by atoms with Gasteiger partial charge in [0.25, 0.3) is 10.0 Å². The van der Waals surface area contributed by atoms with Crippen LogP contribution in [0.25, 0.3) is 0 Å². The Labute approximate surface area is 156 Å². The van der Waals surface area contributed by atoms with E-state index in [1.54, 1.807) is 55.6 Å². The van der Waals surface area contributed by atoms with Crippen LogP contribution in [0.5, 0.6) is 5.75 Å². The van der Waals surface area contributed by atoms with E-state index in [1.165, 1.54) is 23.6 Å². The van der Waals surface area contributed by atoms with Crippen molar-refractivity contribution in [2.24, 2.45) is 0 Å². The molecular weight excluding hydrogens is 348 g/mol. The maximum absolute atomic E-state index is 13.2. The van der Waals surface area contributed by atoms with E-state index in [9.17, 15) is 8.42 Å². The number of nitrogens with zero attached hydrogens (tertiary/aromatic N) is 2. The molecule has 5 nitrogen and oxygen atoms in total. The highest BCUT2D eigenvalue weighted by Gasteiger charge is 2.25. The molecule has 1 saturated heterocycles. The number of piperidine rings is 1. The lowest BCUT2D eigenvalue weighted by molar-refractivity contribution is 0.235. The summed E-state index contributed by atoms with van der Waals surface area (Å²) >= 11 is 0. The highest BCUT2D eigenvalue weighted by Crippen LogP contribution is 2.26. The molecule has 1 aliphatic heterocycles. The quantitative estimate of drug-likeness (QED) is 0.746. The van der Waals surface area contributed by atoms with Crippen LogP contribution < -0.4 is 9.04 Å². The first-order valence-electron chi connectivity index (χ1n) is 9.05. The number of ether oxygens (including phenoxy) is 1. The third-order valence-corrected chi connectivity index (χ3v) is 6.60. The van der Waals surface area contributed by atoms with Gasteiger partial charge in [-0.15, -0.1) is 0 Å². The summed E-state index contributed by atoms with van der Waals surface area (Å²) in [4.78, 5) is 2.66. The first kappa shape index (κ1) is 18.7. The Morgan fingerprint density at radius 2 is 1.62 bits per heavy atom. The second kappa shape index (κ2) is 8.56. The minimum Gasteiger partial charge on any atom is -0.497 e. The van der Waals surface area contributed by atoms with Crippen LogP contribution in [0.4, 0.5) is 5.69 Å². The Morgan fingerprint density at radius 3 is 2.23 bits per heavy atom. The largest absolute Gasteiger partial charge is 0.497 e. The summed E-state index contributed by atoms with van der Waals surface area (Å²) in [7, 11) is -2.01. The second-order valence-electron chi connectivity index (χ2n) is 6.49. The van der Waals surface area contributed by atoms with E-state index in [2.05, 4.69) is 4.90 Å². The van der Waals surface area contributed by atoms with E-state index in [0.717, 1.165) is 19.6 Å². The van der Waals surface area contributed by atoms with Crippen LogP contribution in [0.1, 0.15) is 19.3 Å². The molecule has 6 heteroatoms. The molecule has 0 spiro atoms. The van der Waals surface area contributed by atoms with Crippen molar-refractivity contribution in [2.45, 2.75) is 24.2 Å². The maximum Gasteiger partial charge on any atom is 0.264 e. The van der Waals surface area contributed by atoms with Gasteiger partial charge < -0.3 is 9.64 Å². The van der Waals surface area contributed by atoms with Gasteiger partial charge in [0.2, 0.25) is 0 Å². The van der Waals surface area contributed by atoms with E-state index >= 15 is 0 Å². The van der Waals surface area contributed by atoms with E-state index < -0.39 is 10.0 Å². The highest BCUT2D eigenvalue weighted by atomic mass is 32.2. The topological polar surface area (TPSA) is 49.9 Å². The number of anilines is 1. The summed E-state index contributed by atoms with van der Waals surface area (Å²) in [6.45, 7) is 3.26.